The number of esters is 1. The third-order valence-corrected chi connectivity index (χ3v) is 5.89. The lowest BCUT2D eigenvalue weighted by molar-refractivity contribution is 0.0599. The predicted molar refractivity (Wildman–Crippen MR) is 98.1 cm³/mol. The van der Waals surface area contributed by atoms with Gasteiger partial charge in [-0.2, -0.15) is 0 Å². The van der Waals surface area contributed by atoms with E-state index in [0.29, 0.717) is 10.2 Å². The molecule has 134 valence electrons. The summed E-state index contributed by atoms with van der Waals surface area (Å²) in [6.07, 6.45) is -0.870. The number of carbonyl (C=O) groups is 1. The summed E-state index contributed by atoms with van der Waals surface area (Å²) in [7, 11) is -2.76. The third-order valence-electron chi connectivity index (χ3n) is 3.41. The normalized spacial score (nSPS) is 12.5. The second-order valence-electron chi connectivity index (χ2n) is 5.35. The second kappa shape index (κ2) is 7.99. The zero-order chi connectivity index (χ0) is 18.6. The highest BCUT2D eigenvalue weighted by Gasteiger charge is 2.27. The lowest BCUT2D eigenvalue weighted by Crippen LogP contribution is -2.36. The van der Waals surface area contributed by atoms with Crippen LogP contribution in [0.15, 0.2) is 57.9 Å². The van der Waals surface area contributed by atoms with Crippen molar-refractivity contribution in [2.75, 3.05) is 18.0 Å². The molecule has 8 heteroatoms. The van der Waals surface area contributed by atoms with Crippen LogP contribution in [-0.2, 0) is 14.8 Å². The Morgan fingerprint density at radius 1 is 1.24 bits per heavy atom. The van der Waals surface area contributed by atoms with Gasteiger partial charge in [0.1, 0.15) is 0 Å². The van der Waals surface area contributed by atoms with Gasteiger partial charge in [-0.25, -0.2) is 13.2 Å². The van der Waals surface area contributed by atoms with E-state index in [1.165, 1.54) is 32.2 Å². The SMILES string of the molecule is COC(=O)c1cc(S(=O)(=O)N(CC(C)O)c2ccccc2)ccc1Br. The Hall–Kier alpha value is -1.90. The number of hydrogen-bond donors (Lipinski definition) is 1. The molecule has 25 heavy (non-hydrogen) atoms. The van der Waals surface area contributed by atoms with E-state index in [4.69, 9.17) is 0 Å². The largest absolute Gasteiger partial charge is 0.465 e. The molecule has 0 heterocycles. The van der Waals surface area contributed by atoms with Crippen LogP contribution < -0.4 is 4.31 Å². The summed E-state index contributed by atoms with van der Waals surface area (Å²) < 4.78 is 32.4. The number of para-hydroxylation sites is 1. The number of aliphatic hydroxyl groups excluding tert-OH is 1. The molecule has 0 amide bonds. The Kier molecular flexibility index (Phi) is 6.21. The molecule has 0 saturated carbocycles. The molecular weight excluding hydrogens is 410 g/mol. The molecule has 2 rings (SSSR count). The van der Waals surface area contributed by atoms with Gasteiger partial charge in [0, 0.05) is 4.47 Å². The summed E-state index contributed by atoms with van der Waals surface area (Å²) in [4.78, 5) is 11.8. The topological polar surface area (TPSA) is 83.9 Å². The Bertz CT molecular complexity index is 853. The van der Waals surface area contributed by atoms with E-state index in [-0.39, 0.29) is 17.0 Å². The molecule has 0 aliphatic carbocycles. The van der Waals surface area contributed by atoms with E-state index in [2.05, 4.69) is 20.7 Å². The van der Waals surface area contributed by atoms with Crippen LogP contribution >= 0.6 is 15.9 Å². The number of benzene rings is 2. The zero-order valence-corrected chi connectivity index (χ0v) is 16.1. The number of rotatable bonds is 6. The number of halogens is 1. The summed E-state index contributed by atoms with van der Waals surface area (Å²) in [5, 5.41) is 9.73. The molecule has 1 N–H and O–H groups in total. The number of sulfonamides is 1. The Balaban J connectivity index is 2.56. The van der Waals surface area contributed by atoms with Crippen LogP contribution in [0.25, 0.3) is 0 Å². The number of carbonyl (C=O) groups excluding carboxylic acids is 1. The van der Waals surface area contributed by atoms with Gasteiger partial charge in [-0.1, -0.05) is 18.2 Å². The number of anilines is 1. The minimum atomic E-state index is -3.99. The highest BCUT2D eigenvalue weighted by atomic mass is 79.9. The molecule has 6 nitrogen and oxygen atoms in total. The molecule has 2 aromatic carbocycles. The molecule has 2 aromatic rings. The van der Waals surface area contributed by atoms with Crippen LogP contribution in [0.1, 0.15) is 17.3 Å². The van der Waals surface area contributed by atoms with Crippen molar-refractivity contribution < 1.29 is 23.1 Å². The van der Waals surface area contributed by atoms with Crippen LogP contribution in [-0.4, -0.2) is 39.3 Å². The molecule has 0 aliphatic heterocycles. The average Bonchev–Trinajstić information content (AvgIpc) is 2.59. The van der Waals surface area contributed by atoms with E-state index < -0.39 is 22.1 Å². The van der Waals surface area contributed by atoms with Gasteiger partial charge in [0.15, 0.2) is 0 Å². The lowest BCUT2D eigenvalue weighted by atomic mass is 10.2. The van der Waals surface area contributed by atoms with Gasteiger partial charge in [-0.05, 0) is 53.2 Å². The van der Waals surface area contributed by atoms with Crippen molar-refractivity contribution in [1.29, 1.82) is 0 Å². The van der Waals surface area contributed by atoms with Gasteiger partial charge in [0.2, 0.25) is 0 Å². The van der Waals surface area contributed by atoms with Gasteiger partial charge >= 0.3 is 5.97 Å². The molecule has 1 unspecified atom stereocenters. The first kappa shape index (κ1) is 19.4. The quantitative estimate of drug-likeness (QED) is 0.716. The van der Waals surface area contributed by atoms with Crippen LogP contribution in [0.2, 0.25) is 0 Å². The Morgan fingerprint density at radius 2 is 1.88 bits per heavy atom. The van der Waals surface area contributed by atoms with E-state index in [0.717, 1.165) is 4.31 Å². The van der Waals surface area contributed by atoms with Crippen molar-refractivity contribution in [3.8, 4) is 0 Å². The van der Waals surface area contributed by atoms with Crippen molar-refractivity contribution in [1.82, 2.24) is 0 Å². The van der Waals surface area contributed by atoms with Gasteiger partial charge in [-0.15, -0.1) is 0 Å². The van der Waals surface area contributed by atoms with E-state index in [1.807, 2.05) is 0 Å². The van der Waals surface area contributed by atoms with Crippen molar-refractivity contribution in [2.24, 2.45) is 0 Å². The van der Waals surface area contributed by atoms with Gasteiger partial charge in [0.25, 0.3) is 10.0 Å². The fourth-order valence-corrected chi connectivity index (χ4v) is 4.22. The highest BCUT2D eigenvalue weighted by molar-refractivity contribution is 9.10. The Labute approximate surface area is 155 Å². The number of aliphatic hydroxyl groups is 1. The van der Waals surface area contributed by atoms with Gasteiger partial charge in [-0.3, -0.25) is 4.31 Å². The molecule has 0 bridgehead atoms. The van der Waals surface area contributed by atoms with E-state index in [1.54, 1.807) is 30.3 Å². The average molecular weight is 428 g/mol. The maximum atomic E-state index is 13.1. The van der Waals surface area contributed by atoms with Crippen LogP contribution in [0, 0.1) is 0 Å². The molecule has 0 aromatic heterocycles. The zero-order valence-electron chi connectivity index (χ0n) is 13.7. The van der Waals surface area contributed by atoms with Crippen LogP contribution in [0.4, 0.5) is 5.69 Å². The van der Waals surface area contributed by atoms with Gasteiger partial charge in [0.05, 0.1) is 35.9 Å². The van der Waals surface area contributed by atoms with Crippen LogP contribution in [0.3, 0.4) is 0 Å². The van der Waals surface area contributed by atoms with Crippen LogP contribution in [0.5, 0.6) is 0 Å². The molecule has 0 fully saturated rings. The first-order chi connectivity index (χ1) is 11.8. The monoisotopic (exact) mass is 427 g/mol. The lowest BCUT2D eigenvalue weighted by Gasteiger charge is -2.26. The minimum Gasteiger partial charge on any atom is -0.465 e. The number of hydrogen-bond acceptors (Lipinski definition) is 5. The maximum Gasteiger partial charge on any atom is 0.339 e. The fourth-order valence-electron chi connectivity index (χ4n) is 2.24. The van der Waals surface area contributed by atoms with Crippen molar-refractivity contribution >= 4 is 37.6 Å². The summed E-state index contributed by atoms with van der Waals surface area (Å²) >= 11 is 3.21. The molecule has 0 aliphatic rings. The first-order valence-corrected chi connectivity index (χ1v) is 9.64. The van der Waals surface area contributed by atoms with Crippen molar-refractivity contribution in [2.45, 2.75) is 17.9 Å². The summed E-state index contributed by atoms with van der Waals surface area (Å²) in [5.74, 6) is -0.647. The van der Waals surface area contributed by atoms with E-state index in [9.17, 15) is 18.3 Å². The van der Waals surface area contributed by atoms with Crippen molar-refractivity contribution in [3.63, 3.8) is 0 Å². The molecule has 0 radical (unpaired) electrons. The smallest absolute Gasteiger partial charge is 0.339 e. The van der Waals surface area contributed by atoms with Crippen molar-refractivity contribution in [3.05, 3.63) is 58.6 Å². The second-order valence-corrected chi connectivity index (χ2v) is 8.07. The highest BCUT2D eigenvalue weighted by Crippen LogP contribution is 2.27. The van der Waals surface area contributed by atoms with Gasteiger partial charge < -0.3 is 9.84 Å². The van der Waals surface area contributed by atoms with E-state index >= 15 is 0 Å². The standard InChI is InChI=1S/C17H18BrNO5S/c1-12(20)11-19(13-6-4-3-5-7-13)25(22,23)14-8-9-16(18)15(10-14)17(21)24-2/h3-10,12,20H,11H2,1-2H3. The molecular formula is C17H18BrNO5S. The Morgan fingerprint density at radius 3 is 2.44 bits per heavy atom. The molecule has 0 spiro atoms. The predicted octanol–water partition coefficient (Wildman–Crippen LogP) is 2.81. The third kappa shape index (κ3) is 4.39. The number of methoxy groups -OCH3 is 1. The first-order valence-electron chi connectivity index (χ1n) is 7.41. The molecule has 0 saturated heterocycles. The summed E-state index contributed by atoms with van der Waals surface area (Å²) in [5.41, 5.74) is 0.527. The maximum absolute atomic E-state index is 13.1. The summed E-state index contributed by atoms with van der Waals surface area (Å²) in [6, 6.07) is 12.6. The fraction of sp³-hybridized carbons (Fsp3) is 0.235. The summed E-state index contributed by atoms with van der Waals surface area (Å²) in [6.45, 7) is 1.39. The number of nitrogens with zero attached hydrogens (tertiary/aromatic N) is 1. The number of ether oxygens (including phenoxy) is 1. The molecule has 1 atom stereocenters. The minimum absolute atomic E-state index is 0.0689.